The number of nitrogens with zero attached hydrogens (tertiary/aromatic N) is 1. The first kappa shape index (κ1) is 15.5. The average molecular weight is 376 g/mol. The summed E-state index contributed by atoms with van der Waals surface area (Å²) in [7, 11) is 0. The van der Waals surface area contributed by atoms with Crippen molar-refractivity contribution in [1.82, 2.24) is 10.3 Å². The van der Waals surface area contributed by atoms with Crippen LogP contribution in [0, 0.1) is 0 Å². The standard InChI is InChI=1S/C16H14BrN3O3/c1-16(14(21)19-9-10-4-6-11(17)7-5-10)15(22)20-13-12(23-16)3-2-8-18-13/h2-8H,9H2,1H3,(H,19,21)(H,18,20,22)/t16-/m0/s1. The Kier molecular flexibility index (Phi) is 4.04. The van der Waals surface area contributed by atoms with Crippen LogP contribution in [0.3, 0.4) is 0 Å². The van der Waals surface area contributed by atoms with Crippen LogP contribution in [0.5, 0.6) is 5.75 Å². The first-order valence-electron chi connectivity index (χ1n) is 6.97. The van der Waals surface area contributed by atoms with Gasteiger partial charge in [-0.2, -0.15) is 0 Å². The molecule has 1 aliphatic heterocycles. The number of hydrogen-bond donors (Lipinski definition) is 2. The lowest BCUT2D eigenvalue weighted by atomic mass is 10.0. The number of rotatable bonds is 3. The van der Waals surface area contributed by atoms with E-state index in [4.69, 9.17) is 4.74 Å². The molecule has 1 atom stereocenters. The number of pyridine rings is 1. The van der Waals surface area contributed by atoms with Crippen LogP contribution in [0.15, 0.2) is 47.1 Å². The van der Waals surface area contributed by atoms with Crippen LogP contribution in [-0.4, -0.2) is 22.4 Å². The van der Waals surface area contributed by atoms with Crippen molar-refractivity contribution in [3.05, 3.63) is 52.6 Å². The molecule has 23 heavy (non-hydrogen) atoms. The summed E-state index contributed by atoms with van der Waals surface area (Å²) in [4.78, 5) is 28.7. The molecule has 3 rings (SSSR count). The number of nitrogens with one attached hydrogen (secondary N) is 2. The predicted molar refractivity (Wildman–Crippen MR) is 87.9 cm³/mol. The number of carbonyl (C=O) groups is 2. The van der Waals surface area contributed by atoms with E-state index in [1.807, 2.05) is 24.3 Å². The van der Waals surface area contributed by atoms with Crippen LogP contribution in [-0.2, 0) is 16.1 Å². The molecule has 118 valence electrons. The average Bonchev–Trinajstić information content (AvgIpc) is 2.55. The Bertz CT molecular complexity index is 763. The van der Waals surface area contributed by atoms with Crippen molar-refractivity contribution in [2.45, 2.75) is 19.1 Å². The van der Waals surface area contributed by atoms with Crippen LogP contribution in [0.2, 0.25) is 0 Å². The second kappa shape index (κ2) is 6.00. The van der Waals surface area contributed by atoms with Crippen LogP contribution in [0.25, 0.3) is 0 Å². The minimum atomic E-state index is -1.63. The van der Waals surface area contributed by atoms with Gasteiger partial charge in [-0.05, 0) is 36.8 Å². The highest BCUT2D eigenvalue weighted by molar-refractivity contribution is 9.10. The quantitative estimate of drug-likeness (QED) is 0.806. The number of halogens is 1. The van der Waals surface area contributed by atoms with E-state index in [2.05, 4.69) is 31.5 Å². The Hall–Kier alpha value is -2.41. The molecule has 2 aromatic rings. The van der Waals surface area contributed by atoms with E-state index >= 15 is 0 Å². The Morgan fingerprint density at radius 3 is 2.83 bits per heavy atom. The Balaban J connectivity index is 1.73. The molecule has 0 spiro atoms. The topological polar surface area (TPSA) is 80.3 Å². The smallest absolute Gasteiger partial charge is 0.279 e. The van der Waals surface area contributed by atoms with Crippen molar-refractivity contribution in [3.8, 4) is 5.75 Å². The minimum Gasteiger partial charge on any atom is -0.464 e. The summed E-state index contributed by atoms with van der Waals surface area (Å²) in [6.45, 7) is 1.74. The summed E-state index contributed by atoms with van der Waals surface area (Å²) in [6.07, 6.45) is 1.54. The van der Waals surface area contributed by atoms with Crippen molar-refractivity contribution in [3.63, 3.8) is 0 Å². The molecular weight excluding hydrogens is 362 g/mol. The molecule has 0 bridgehead atoms. The maximum atomic E-state index is 12.5. The first-order valence-corrected chi connectivity index (χ1v) is 7.76. The van der Waals surface area contributed by atoms with Crippen molar-refractivity contribution in [2.75, 3.05) is 5.32 Å². The highest BCUT2D eigenvalue weighted by Gasteiger charge is 2.47. The van der Waals surface area contributed by atoms with Gasteiger partial charge in [-0.15, -0.1) is 0 Å². The van der Waals surface area contributed by atoms with E-state index in [1.54, 1.807) is 18.3 Å². The van der Waals surface area contributed by atoms with Crippen LogP contribution in [0.4, 0.5) is 5.82 Å². The molecular formula is C16H14BrN3O3. The maximum Gasteiger partial charge on any atom is 0.279 e. The minimum absolute atomic E-state index is 0.304. The van der Waals surface area contributed by atoms with Crippen molar-refractivity contribution in [2.24, 2.45) is 0 Å². The molecule has 6 nitrogen and oxygen atoms in total. The molecule has 2 amide bonds. The van der Waals surface area contributed by atoms with Gasteiger partial charge in [0.15, 0.2) is 11.6 Å². The van der Waals surface area contributed by atoms with Crippen molar-refractivity contribution in [1.29, 1.82) is 0 Å². The highest BCUT2D eigenvalue weighted by Crippen LogP contribution is 2.31. The third kappa shape index (κ3) is 3.05. The fourth-order valence-electron chi connectivity index (χ4n) is 2.16. The summed E-state index contributed by atoms with van der Waals surface area (Å²) in [5.41, 5.74) is -0.714. The van der Waals surface area contributed by atoms with E-state index in [-0.39, 0.29) is 0 Å². The molecule has 0 saturated heterocycles. The molecule has 1 aliphatic rings. The fourth-order valence-corrected chi connectivity index (χ4v) is 2.43. The number of ether oxygens (including phenoxy) is 1. The number of fused-ring (bicyclic) bond motifs is 1. The molecule has 0 saturated carbocycles. The SMILES string of the molecule is C[C@@]1(C(=O)NCc2ccc(Br)cc2)Oc2cccnc2NC1=O. The van der Waals surface area contributed by atoms with Gasteiger partial charge in [0, 0.05) is 17.2 Å². The summed E-state index contributed by atoms with van der Waals surface area (Å²) in [6, 6.07) is 10.9. The second-order valence-corrected chi connectivity index (χ2v) is 6.16. The largest absolute Gasteiger partial charge is 0.464 e. The first-order chi connectivity index (χ1) is 11.0. The number of hydrogen-bond acceptors (Lipinski definition) is 4. The van der Waals surface area contributed by atoms with Gasteiger partial charge in [0.1, 0.15) is 0 Å². The van der Waals surface area contributed by atoms with E-state index < -0.39 is 17.4 Å². The number of aromatic nitrogens is 1. The van der Waals surface area contributed by atoms with Gasteiger partial charge >= 0.3 is 0 Å². The third-order valence-electron chi connectivity index (χ3n) is 3.55. The lowest BCUT2D eigenvalue weighted by Crippen LogP contribution is -2.58. The lowest BCUT2D eigenvalue weighted by molar-refractivity contribution is -0.146. The summed E-state index contributed by atoms with van der Waals surface area (Å²) in [5, 5.41) is 5.32. The maximum absolute atomic E-state index is 12.5. The molecule has 1 aromatic carbocycles. The number of benzene rings is 1. The van der Waals surface area contributed by atoms with E-state index in [1.165, 1.54) is 6.92 Å². The number of carbonyl (C=O) groups excluding carboxylic acids is 2. The zero-order valence-electron chi connectivity index (χ0n) is 12.3. The van der Waals surface area contributed by atoms with Gasteiger partial charge in [0.05, 0.1) is 0 Å². The number of amides is 2. The van der Waals surface area contributed by atoms with E-state index in [0.29, 0.717) is 18.1 Å². The Labute approximate surface area is 141 Å². The summed E-state index contributed by atoms with van der Waals surface area (Å²) >= 11 is 3.35. The normalized spacial score (nSPS) is 19.3. The van der Waals surface area contributed by atoms with Crippen molar-refractivity contribution >= 4 is 33.6 Å². The zero-order chi connectivity index (χ0) is 16.4. The predicted octanol–water partition coefficient (Wildman–Crippen LogP) is 2.25. The van der Waals surface area contributed by atoms with Gasteiger partial charge in [-0.1, -0.05) is 28.1 Å². The second-order valence-electron chi connectivity index (χ2n) is 5.25. The van der Waals surface area contributed by atoms with Gasteiger partial charge in [-0.25, -0.2) is 4.98 Å². The summed E-state index contributed by atoms with van der Waals surface area (Å²) < 4.78 is 6.56. The van der Waals surface area contributed by atoms with Gasteiger partial charge in [-0.3, -0.25) is 9.59 Å². The Morgan fingerprint density at radius 1 is 1.35 bits per heavy atom. The van der Waals surface area contributed by atoms with E-state index in [0.717, 1.165) is 10.0 Å². The molecule has 1 aromatic heterocycles. The zero-order valence-corrected chi connectivity index (χ0v) is 13.9. The molecule has 0 radical (unpaired) electrons. The monoisotopic (exact) mass is 375 g/mol. The molecule has 0 unspecified atom stereocenters. The summed E-state index contributed by atoms with van der Waals surface area (Å²) in [5.74, 6) is -0.367. The lowest BCUT2D eigenvalue weighted by Gasteiger charge is -2.32. The van der Waals surface area contributed by atoms with Gasteiger partial charge < -0.3 is 15.4 Å². The van der Waals surface area contributed by atoms with Crippen LogP contribution < -0.4 is 15.4 Å². The highest BCUT2D eigenvalue weighted by atomic mass is 79.9. The molecule has 0 aliphatic carbocycles. The van der Waals surface area contributed by atoms with Crippen LogP contribution >= 0.6 is 15.9 Å². The van der Waals surface area contributed by atoms with Gasteiger partial charge in [0.25, 0.3) is 17.4 Å². The third-order valence-corrected chi connectivity index (χ3v) is 4.08. The van der Waals surface area contributed by atoms with Crippen molar-refractivity contribution < 1.29 is 14.3 Å². The molecule has 7 heteroatoms. The van der Waals surface area contributed by atoms with Crippen LogP contribution in [0.1, 0.15) is 12.5 Å². The molecule has 0 fully saturated rings. The molecule has 2 heterocycles. The Morgan fingerprint density at radius 2 is 2.09 bits per heavy atom. The number of anilines is 1. The molecule has 2 N–H and O–H groups in total. The van der Waals surface area contributed by atoms with E-state index in [9.17, 15) is 9.59 Å². The van der Waals surface area contributed by atoms with Gasteiger partial charge in [0.2, 0.25) is 0 Å². The fraction of sp³-hybridized carbons (Fsp3) is 0.188.